The van der Waals surface area contributed by atoms with Crippen molar-refractivity contribution in [3.8, 4) is 11.5 Å². The molecule has 1 aliphatic rings. The number of nitro groups is 1. The number of non-ortho nitro benzene ring substituents is 1. The van der Waals surface area contributed by atoms with Crippen molar-refractivity contribution in [2.45, 2.75) is 13.0 Å². The van der Waals surface area contributed by atoms with Crippen LogP contribution in [0.25, 0.3) is 0 Å². The summed E-state index contributed by atoms with van der Waals surface area (Å²) < 4.78 is 5.44. The molecule has 2 aromatic rings. The topological polar surface area (TPSA) is 114 Å². The van der Waals surface area contributed by atoms with E-state index in [9.17, 15) is 20.0 Å². The van der Waals surface area contributed by atoms with Crippen molar-refractivity contribution < 1.29 is 19.6 Å². The largest absolute Gasteiger partial charge is 0.507 e. The first-order chi connectivity index (χ1) is 11.4. The third-order valence-corrected chi connectivity index (χ3v) is 3.47. The Bertz CT molecular complexity index is 863. The number of benzene rings is 2. The highest BCUT2D eigenvalue weighted by Gasteiger charge is 2.23. The molecule has 0 aromatic heterocycles. The number of carbonyl (C=O) groups is 1. The number of hydrogen-bond donors (Lipinski definition) is 2. The van der Waals surface area contributed by atoms with Crippen molar-refractivity contribution in [1.29, 1.82) is 0 Å². The monoisotopic (exact) mass is 327 g/mol. The van der Waals surface area contributed by atoms with Crippen LogP contribution in [-0.4, -0.2) is 28.3 Å². The number of nitrogens with one attached hydrogen (secondary N) is 1. The van der Waals surface area contributed by atoms with Gasteiger partial charge in [0.15, 0.2) is 6.10 Å². The van der Waals surface area contributed by atoms with Crippen molar-refractivity contribution in [3.05, 3.63) is 52.1 Å². The lowest BCUT2D eigenvalue weighted by atomic mass is 10.2. The van der Waals surface area contributed by atoms with E-state index in [4.69, 9.17) is 4.74 Å². The summed E-state index contributed by atoms with van der Waals surface area (Å²) >= 11 is 0. The predicted molar refractivity (Wildman–Crippen MR) is 87.2 cm³/mol. The molecule has 24 heavy (non-hydrogen) atoms. The summed E-state index contributed by atoms with van der Waals surface area (Å²) in [5.41, 5.74) is 1.07. The Morgan fingerprint density at radius 1 is 1.33 bits per heavy atom. The Balaban J connectivity index is 1.88. The van der Waals surface area contributed by atoms with Crippen molar-refractivity contribution >= 4 is 29.2 Å². The lowest BCUT2D eigenvalue weighted by molar-refractivity contribution is -0.384. The van der Waals surface area contributed by atoms with Crippen molar-refractivity contribution in [2.75, 3.05) is 5.32 Å². The molecular weight excluding hydrogens is 314 g/mol. The molecule has 0 saturated heterocycles. The molecule has 0 bridgehead atoms. The summed E-state index contributed by atoms with van der Waals surface area (Å²) in [6.45, 7) is 1.65. The van der Waals surface area contributed by atoms with Gasteiger partial charge < -0.3 is 15.2 Å². The van der Waals surface area contributed by atoms with E-state index in [1.807, 2.05) is 0 Å². The zero-order valence-electron chi connectivity index (χ0n) is 12.6. The van der Waals surface area contributed by atoms with Gasteiger partial charge in [0.1, 0.15) is 11.5 Å². The number of phenolic OH excluding ortho intramolecular Hbond substituents is 1. The van der Waals surface area contributed by atoms with E-state index in [2.05, 4.69) is 10.3 Å². The van der Waals surface area contributed by atoms with Gasteiger partial charge in [-0.1, -0.05) is 0 Å². The summed E-state index contributed by atoms with van der Waals surface area (Å²) in [7, 11) is 0. The minimum atomic E-state index is -0.561. The van der Waals surface area contributed by atoms with Gasteiger partial charge >= 0.3 is 0 Å². The Labute approximate surface area is 136 Å². The molecular formula is C16H13N3O5. The quantitative estimate of drug-likeness (QED) is 0.511. The van der Waals surface area contributed by atoms with Gasteiger partial charge in [-0.05, 0) is 31.2 Å². The number of nitro benzene ring substituents is 1. The first-order valence-electron chi connectivity index (χ1n) is 7.07. The Morgan fingerprint density at radius 2 is 2.12 bits per heavy atom. The molecule has 8 heteroatoms. The van der Waals surface area contributed by atoms with Crippen LogP contribution in [0.2, 0.25) is 0 Å². The zero-order valence-corrected chi connectivity index (χ0v) is 12.6. The first-order valence-corrected chi connectivity index (χ1v) is 7.07. The van der Waals surface area contributed by atoms with Crippen LogP contribution in [0.1, 0.15) is 12.5 Å². The molecule has 122 valence electrons. The number of aromatic hydroxyl groups is 1. The molecule has 0 radical (unpaired) electrons. The minimum absolute atomic E-state index is 0.118. The standard InChI is InChI=1S/C16H13N3O5/c1-9-16(21)18-13-7-11(2-5-15(13)24-9)17-8-10-6-12(19(22)23)3-4-14(10)20/h2-9,20H,1H3,(H,18,21)/t9-/m1/s1. The van der Waals surface area contributed by atoms with Gasteiger partial charge in [0.05, 0.1) is 16.3 Å². The first kappa shape index (κ1) is 15.5. The molecule has 2 N–H and O–H groups in total. The van der Waals surface area contributed by atoms with Gasteiger partial charge in [0.2, 0.25) is 0 Å². The molecule has 1 aliphatic heterocycles. The van der Waals surface area contributed by atoms with Gasteiger partial charge in [0.25, 0.3) is 11.6 Å². The summed E-state index contributed by atoms with van der Waals surface area (Å²) in [4.78, 5) is 26.0. The third kappa shape index (κ3) is 3.02. The van der Waals surface area contributed by atoms with Crippen LogP contribution in [0, 0.1) is 10.1 Å². The van der Waals surface area contributed by atoms with Gasteiger partial charge in [-0.25, -0.2) is 0 Å². The Morgan fingerprint density at radius 3 is 2.88 bits per heavy atom. The average Bonchev–Trinajstić information content (AvgIpc) is 2.55. The highest BCUT2D eigenvalue weighted by Crippen LogP contribution is 2.33. The SMILES string of the molecule is C[C@H]1Oc2ccc(N=Cc3cc([N+](=O)[O-])ccc3O)cc2NC1=O. The highest BCUT2D eigenvalue weighted by molar-refractivity contribution is 5.98. The number of phenols is 1. The minimum Gasteiger partial charge on any atom is -0.507 e. The van der Waals surface area contributed by atoms with Gasteiger partial charge in [0, 0.05) is 23.9 Å². The molecule has 1 atom stereocenters. The second kappa shape index (κ2) is 5.99. The molecule has 0 spiro atoms. The number of fused-ring (bicyclic) bond motifs is 1. The maximum Gasteiger partial charge on any atom is 0.270 e. The summed E-state index contributed by atoms with van der Waals surface area (Å²) in [5.74, 6) is 0.173. The average molecular weight is 327 g/mol. The molecule has 3 rings (SSSR count). The number of ether oxygens (including phenoxy) is 1. The van der Waals surface area contributed by atoms with Crippen LogP contribution in [-0.2, 0) is 4.79 Å². The molecule has 0 unspecified atom stereocenters. The van der Waals surface area contributed by atoms with E-state index in [1.165, 1.54) is 24.4 Å². The molecule has 0 aliphatic carbocycles. The number of rotatable bonds is 3. The molecule has 0 fully saturated rings. The smallest absolute Gasteiger partial charge is 0.270 e. The maximum absolute atomic E-state index is 11.6. The van der Waals surface area contributed by atoms with Crippen LogP contribution < -0.4 is 10.1 Å². The maximum atomic E-state index is 11.6. The fraction of sp³-hybridized carbons (Fsp3) is 0.125. The lowest BCUT2D eigenvalue weighted by Crippen LogP contribution is -2.34. The van der Waals surface area contributed by atoms with Crippen LogP contribution >= 0.6 is 0 Å². The number of carbonyl (C=O) groups excluding carboxylic acids is 1. The lowest BCUT2D eigenvalue weighted by Gasteiger charge is -2.23. The van der Waals surface area contributed by atoms with E-state index in [1.54, 1.807) is 25.1 Å². The molecule has 8 nitrogen and oxygen atoms in total. The second-order valence-electron chi connectivity index (χ2n) is 5.19. The summed E-state index contributed by atoms with van der Waals surface area (Å²) in [6.07, 6.45) is 0.756. The molecule has 0 saturated carbocycles. The van der Waals surface area contributed by atoms with Gasteiger partial charge in [-0.2, -0.15) is 0 Å². The number of nitrogens with zero attached hydrogens (tertiary/aromatic N) is 2. The van der Waals surface area contributed by atoms with Gasteiger partial charge in [-0.3, -0.25) is 19.9 Å². The van der Waals surface area contributed by atoms with Crippen molar-refractivity contribution in [1.82, 2.24) is 0 Å². The third-order valence-electron chi connectivity index (χ3n) is 3.47. The van der Waals surface area contributed by atoms with Crippen LogP contribution in [0.15, 0.2) is 41.4 Å². The Hall–Kier alpha value is -3.42. The molecule has 2 aromatic carbocycles. The summed E-state index contributed by atoms with van der Waals surface area (Å²) in [5, 5.41) is 23.2. The summed E-state index contributed by atoms with van der Waals surface area (Å²) in [6, 6.07) is 8.63. The molecule has 1 amide bonds. The Kier molecular flexibility index (Phi) is 3.87. The predicted octanol–water partition coefficient (Wildman–Crippen LogP) is 2.77. The molecule has 1 heterocycles. The van der Waals surface area contributed by atoms with Crippen molar-refractivity contribution in [3.63, 3.8) is 0 Å². The zero-order chi connectivity index (χ0) is 17.3. The van der Waals surface area contributed by atoms with E-state index in [-0.39, 0.29) is 22.9 Å². The van der Waals surface area contributed by atoms with E-state index in [0.29, 0.717) is 17.1 Å². The van der Waals surface area contributed by atoms with Crippen LogP contribution in [0.5, 0.6) is 11.5 Å². The van der Waals surface area contributed by atoms with Crippen molar-refractivity contribution in [2.24, 2.45) is 4.99 Å². The van der Waals surface area contributed by atoms with Crippen LogP contribution in [0.4, 0.5) is 17.1 Å². The van der Waals surface area contributed by atoms with E-state index >= 15 is 0 Å². The highest BCUT2D eigenvalue weighted by atomic mass is 16.6. The normalized spacial score (nSPS) is 16.4. The van der Waals surface area contributed by atoms with Gasteiger partial charge in [-0.15, -0.1) is 0 Å². The fourth-order valence-electron chi connectivity index (χ4n) is 2.18. The van der Waals surface area contributed by atoms with E-state index in [0.717, 1.165) is 0 Å². The number of aliphatic imine (C=N–C) groups is 1. The number of amides is 1. The van der Waals surface area contributed by atoms with E-state index < -0.39 is 11.0 Å². The van der Waals surface area contributed by atoms with Crippen LogP contribution in [0.3, 0.4) is 0 Å². The fourth-order valence-corrected chi connectivity index (χ4v) is 2.18. The second-order valence-corrected chi connectivity index (χ2v) is 5.19. The number of hydrogen-bond acceptors (Lipinski definition) is 6. The number of anilines is 1.